The lowest BCUT2D eigenvalue weighted by atomic mass is 10.3. The zero-order valence-electron chi connectivity index (χ0n) is 15.3. The van der Waals surface area contributed by atoms with Gasteiger partial charge < -0.3 is 14.8 Å². The Morgan fingerprint density at radius 2 is 2.18 bits per heavy atom. The van der Waals surface area contributed by atoms with Crippen LogP contribution in [0.4, 0.5) is 5.69 Å². The molecule has 3 aromatic rings. The van der Waals surface area contributed by atoms with Gasteiger partial charge in [-0.3, -0.25) is 9.78 Å². The van der Waals surface area contributed by atoms with Crippen molar-refractivity contribution in [3.05, 3.63) is 58.3 Å². The Labute approximate surface area is 176 Å². The van der Waals surface area contributed by atoms with Crippen molar-refractivity contribution in [1.29, 1.82) is 0 Å². The minimum absolute atomic E-state index is 0.162. The molecule has 0 aliphatic carbocycles. The number of aryl methyl sites for hydroxylation is 1. The van der Waals surface area contributed by atoms with Crippen LogP contribution in [0.2, 0.25) is 5.02 Å². The predicted octanol–water partition coefficient (Wildman–Crippen LogP) is 4.82. The molecule has 0 unspecified atom stereocenters. The number of nitrogens with zero attached hydrogens (tertiary/aromatic N) is 2. The summed E-state index contributed by atoms with van der Waals surface area (Å²) in [6, 6.07) is 8.70. The summed E-state index contributed by atoms with van der Waals surface area (Å²) < 4.78 is 11.9. The van der Waals surface area contributed by atoms with Crippen molar-refractivity contribution in [2.75, 3.05) is 19.0 Å². The number of methoxy groups -OCH3 is 1. The maximum atomic E-state index is 12.1. The normalized spacial score (nSPS) is 10.5. The van der Waals surface area contributed by atoms with Crippen molar-refractivity contribution < 1.29 is 14.3 Å². The standard InChI is InChI=1S/C19H18ClN3O3S2/c1-12-10-27-19(22-12)28-11-15-7-16(17(25-2)8-21-15)26-9-18(24)23-14-5-3-4-13(20)6-14/h3-8,10H,9,11H2,1-2H3,(H,23,24). The van der Waals surface area contributed by atoms with Gasteiger partial charge in [-0.2, -0.15) is 0 Å². The molecule has 0 fully saturated rings. The lowest BCUT2D eigenvalue weighted by molar-refractivity contribution is -0.118. The average Bonchev–Trinajstić information content (AvgIpc) is 3.10. The molecular formula is C19H18ClN3O3S2. The number of carbonyl (C=O) groups excluding carboxylic acids is 1. The number of ether oxygens (including phenoxy) is 2. The fraction of sp³-hybridized carbons (Fsp3) is 0.211. The van der Waals surface area contributed by atoms with E-state index >= 15 is 0 Å². The van der Waals surface area contributed by atoms with Gasteiger partial charge in [-0.05, 0) is 25.1 Å². The van der Waals surface area contributed by atoms with Crippen LogP contribution >= 0.6 is 34.7 Å². The number of rotatable bonds is 8. The number of thiazole rings is 1. The first-order valence-corrected chi connectivity index (χ1v) is 10.5. The Morgan fingerprint density at radius 1 is 1.32 bits per heavy atom. The Balaban J connectivity index is 1.60. The van der Waals surface area contributed by atoms with Crippen LogP contribution in [0.25, 0.3) is 0 Å². The van der Waals surface area contributed by atoms with E-state index < -0.39 is 0 Å². The zero-order chi connectivity index (χ0) is 19.9. The van der Waals surface area contributed by atoms with Gasteiger partial charge in [0.2, 0.25) is 0 Å². The molecular weight excluding hydrogens is 418 g/mol. The quantitative estimate of drug-likeness (QED) is 0.511. The second-order valence-electron chi connectivity index (χ2n) is 5.72. The van der Waals surface area contributed by atoms with E-state index in [4.69, 9.17) is 21.1 Å². The van der Waals surface area contributed by atoms with Gasteiger partial charge in [0.1, 0.15) is 4.34 Å². The largest absolute Gasteiger partial charge is 0.491 e. The number of pyridine rings is 1. The minimum Gasteiger partial charge on any atom is -0.491 e. The molecule has 1 aromatic carbocycles. The highest BCUT2D eigenvalue weighted by Gasteiger charge is 2.11. The Kier molecular flexibility index (Phi) is 7.13. The van der Waals surface area contributed by atoms with Crippen molar-refractivity contribution in [1.82, 2.24) is 9.97 Å². The Morgan fingerprint density at radius 3 is 2.89 bits per heavy atom. The molecule has 0 aliphatic rings. The second kappa shape index (κ2) is 9.77. The van der Waals surface area contributed by atoms with E-state index in [0.29, 0.717) is 28.0 Å². The van der Waals surface area contributed by atoms with Crippen LogP contribution in [0.5, 0.6) is 11.5 Å². The predicted molar refractivity (Wildman–Crippen MR) is 113 cm³/mol. The van der Waals surface area contributed by atoms with Crippen LogP contribution in [-0.2, 0) is 10.5 Å². The van der Waals surface area contributed by atoms with Gasteiger partial charge in [0.05, 0.1) is 19.0 Å². The Hall–Kier alpha value is -2.29. The number of hydrogen-bond acceptors (Lipinski definition) is 7. The molecule has 0 radical (unpaired) electrons. The summed E-state index contributed by atoms with van der Waals surface area (Å²) in [6.07, 6.45) is 1.59. The molecule has 0 aliphatic heterocycles. The molecule has 1 N–H and O–H groups in total. The molecule has 146 valence electrons. The van der Waals surface area contributed by atoms with Gasteiger partial charge in [0, 0.05) is 33.6 Å². The molecule has 0 atom stereocenters. The fourth-order valence-electron chi connectivity index (χ4n) is 2.25. The number of thioether (sulfide) groups is 1. The summed E-state index contributed by atoms with van der Waals surface area (Å²) in [4.78, 5) is 20.9. The maximum Gasteiger partial charge on any atom is 0.262 e. The van der Waals surface area contributed by atoms with Gasteiger partial charge in [0.15, 0.2) is 18.1 Å². The molecule has 0 spiro atoms. The highest BCUT2D eigenvalue weighted by atomic mass is 35.5. The van der Waals surface area contributed by atoms with E-state index in [2.05, 4.69) is 15.3 Å². The van der Waals surface area contributed by atoms with Gasteiger partial charge in [0.25, 0.3) is 5.91 Å². The summed E-state index contributed by atoms with van der Waals surface area (Å²) in [7, 11) is 1.53. The summed E-state index contributed by atoms with van der Waals surface area (Å²) in [5.74, 6) is 1.27. The third kappa shape index (κ3) is 5.85. The highest BCUT2D eigenvalue weighted by Crippen LogP contribution is 2.30. The van der Waals surface area contributed by atoms with E-state index in [1.54, 1.807) is 59.6 Å². The van der Waals surface area contributed by atoms with Gasteiger partial charge in [-0.15, -0.1) is 11.3 Å². The summed E-state index contributed by atoms with van der Waals surface area (Å²) in [6.45, 7) is 1.80. The van der Waals surface area contributed by atoms with Crippen LogP contribution < -0.4 is 14.8 Å². The number of aromatic nitrogens is 2. The van der Waals surface area contributed by atoms with Crippen molar-refractivity contribution >= 4 is 46.3 Å². The second-order valence-corrected chi connectivity index (χ2v) is 8.23. The molecule has 0 saturated heterocycles. The molecule has 2 heterocycles. The minimum atomic E-state index is -0.296. The highest BCUT2D eigenvalue weighted by molar-refractivity contribution is 8.00. The van der Waals surface area contributed by atoms with Crippen LogP contribution in [0.1, 0.15) is 11.4 Å². The fourth-order valence-corrected chi connectivity index (χ4v) is 4.19. The molecule has 2 aromatic heterocycles. The third-order valence-corrected chi connectivity index (χ3v) is 5.92. The number of benzene rings is 1. The van der Waals surface area contributed by atoms with Crippen molar-refractivity contribution in [2.24, 2.45) is 0 Å². The number of carbonyl (C=O) groups is 1. The first-order chi connectivity index (χ1) is 13.5. The number of amides is 1. The molecule has 6 nitrogen and oxygen atoms in total. The maximum absolute atomic E-state index is 12.1. The van der Waals surface area contributed by atoms with Crippen molar-refractivity contribution in [2.45, 2.75) is 17.0 Å². The summed E-state index contributed by atoms with van der Waals surface area (Å²) in [5.41, 5.74) is 2.42. The first kappa shape index (κ1) is 20.4. The lowest BCUT2D eigenvalue weighted by Crippen LogP contribution is -2.20. The van der Waals surface area contributed by atoms with E-state index in [1.807, 2.05) is 12.3 Å². The zero-order valence-corrected chi connectivity index (χ0v) is 17.7. The number of anilines is 1. The molecule has 0 bridgehead atoms. The monoisotopic (exact) mass is 435 g/mol. The number of hydrogen-bond donors (Lipinski definition) is 1. The van der Waals surface area contributed by atoms with Gasteiger partial charge in [-0.1, -0.05) is 29.4 Å². The van der Waals surface area contributed by atoms with Crippen LogP contribution in [-0.4, -0.2) is 29.6 Å². The SMILES string of the molecule is COc1cnc(CSc2nc(C)cs2)cc1OCC(=O)Nc1cccc(Cl)c1. The molecule has 3 rings (SSSR count). The van der Waals surface area contributed by atoms with E-state index in [-0.39, 0.29) is 12.5 Å². The van der Waals surface area contributed by atoms with Gasteiger partial charge in [-0.25, -0.2) is 4.98 Å². The number of nitrogens with one attached hydrogen (secondary N) is 1. The van der Waals surface area contributed by atoms with E-state index in [0.717, 1.165) is 15.7 Å². The Bertz CT molecular complexity index is 965. The van der Waals surface area contributed by atoms with Crippen molar-refractivity contribution in [3.63, 3.8) is 0 Å². The molecule has 1 amide bonds. The molecule has 9 heteroatoms. The third-order valence-electron chi connectivity index (χ3n) is 3.52. The topological polar surface area (TPSA) is 73.3 Å². The smallest absolute Gasteiger partial charge is 0.262 e. The van der Waals surface area contributed by atoms with Crippen LogP contribution in [0, 0.1) is 6.92 Å². The van der Waals surface area contributed by atoms with E-state index in [9.17, 15) is 4.79 Å². The van der Waals surface area contributed by atoms with Gasteiger partial charge >= 0.3 is 0 Å². The van der Waals surface area contributed by atoms with Crippen LogP contribution in [0.15, 0.2) is 46.2 Å². The van der Waals surface area contributed by atoms with Crippen molar-refractivity contribution in [3.8, 4) is 11.5 Å². The van der Waals surface area contributed by atoms with E-state index in [1.165, 1.54) is 7.11 Å². The summed E-state index contributed by atoms with van der Waals surface area (Å²) in [5, 5.41) is 5.30. The van der Waals surface area contributed by atoms with Crippen LogP contribution in [0.3, 0.4) is 0 Å². The molecule has 28 heavy (non-hydrogen) atoms. The molecule has 0 saturated carbocycles. The number of halogens is 1. The average molecular weight is 436 g/mol. The lowest BCUT2D eigenvalue weighted by Gasteiger charge is -2.12. The first-order valence-electron chi connectivity index (χ1n) is 8.29. The summed E-state index contributed by atoms with van der Waals surface area (Å²) >= 11 is 9.13.